The maximum absolute atomic E-state index is 14.1. The van der Waals surface area contributed by atoms with Crippen molar-refractivity contribution in [1.29, 1.82) is 0 Å². The minimum Gasteiger partial charge on any atom is -0.492 e. The summed E-state index contributed by atoms with van der Waals surface area (Å²) >= 11 is 8.46. The molecule has 0 N–H and O–H groups in total. The second kappa shape index (κ2) is 12.9. The zero-order valence-corrected chi connectivity index (χ0v) is 27.7. The molecule has 0 amide bonds. The van der Waals surface area contributed by atoms with Gasteiger partial charge in [-0.1, -0.05) is 79.8 Å². The van der Waals surface area contributed by atoms with E-state index in [-0.39, 0.29) is 12.2 Å². The van der Waals surface area contributed by atoms with Crippen LogP contribution in [-0.2, 0) is 9.53 Å². The minimum absolute atomic E-state index is 0.204. The van der Waals surface area contributed by atoms with Crippen molar-refractivity contribution in [2.24, 2.45) is 4.99 Å². The van der Waals surface area contributed by atoms with Crippen LogP contribution in [0.15, 0.2) is 91.0 Å². The maximum Gasteiger partial charge on any atom is 0.338 e. The summed E-state index contributed by atoms with van der Waals surface area (Å²) in [6, 6.07) is 20.8. The summed E-state index contributed by atoms with van der Waals surface area (Å²) in [6.07, 6.45) is 1.84. The first-order valence-corrected chi connectivity index (χ1v) is 16.1. The van der Waals surface area contributed by atoms with E-state index >= 15 is 0 Å². The molecule has 1 aliphatic rings. The number of esters is 1. The highest BCUT2D eigenvalue weighted by Crippen LogP contribution is 2.37. The third-order valence-corrected chi connectivity index (χ3v) is 9.06. The number of hydrogen-bond donors (Lipinski definition) is 0. The monoisotopic (exact) mass is 708 g/mol. The fourth-order valence-corrected chi connectivity index (χ4v) is 7.37. The van der Waals surface area contributed by atoms with Gasteiger partial charge in [0, 0.05) is 5.56 Å². The Morgan fingerprint density at radius 1 is 1.02 bits per heavy atom. The van der Waals surface area contributed by atoms with Gasteiger partial charge < -0.3 is 9.47 Å². The minimum atomic E-state index is -0.710. The quantitative estimate of drug-likeness (QED) is 0.185. The van der Waals surface area contributed by atoms with E-state index in [1.165, 1.54) is 16.9 Å². The second-order valence-electron chi connectivity index (χ2n) is 10.00. The average molecular weight is 710 g/mol. The standard InChI is InChI=1S/C33H30Br2N2O4S/c1-5-40-30-24(34)16-20(17-25(30)35)18-26-31(38)37-29(23-14-12-21(13-15-23)19(3)4)27(32(39)41-6-2)28(36-33(37)42-26)22-10-8-7-9-11-22/h7-19,29H,5-6H2,1-4H3/b26-18-/t29-/m0/s1. The van der Waals surface area contributed by atoms with Crippen molar-refractivity contribution in [1.82, 2.24) is 4.57 Å². The van der Waals surface area contributed by atoms with E-state index in [1.54, 1.807) is 11.5 Å². The number of carbonyl (C=O) groups excluding carboxylic acids is 1. The molecule has 9 heteroatoms. The van der Waals surface area contributed by atoms with Gasteiger partial charge >= 0.3 is 5.97 Å². The van der Waals surface area contributed by atoms with E-state index in [1.807, 2.05) is 67.6 Å². The Labute approximate surface area is 265 Å². The van der Waals surface area contributed by atoms with Gasteiger partial charge in [0.25, 0.3) is 5.56 Å². The van der Waals surface area contributed by atoms with Crippen LogP contribution in [0.4, 0.5) is 0 Å². The van der Waals surface area contributed by atoms with Gasteiger partial charge in [0.2, 0.25) is 0 Å². The molecule has 1 aliphatic heterocycles. The summed E-state index contributed by atoms with van der Waals surface area (Å²) in [5.41, 5.74) is 4.19. The highest BCUT2D eigenvalue weighted by molar-refractivity contribution is 9.11. The molecule has 1 atom stereocenters. The molecule has 0 fully saturated rings. The van der Waals surface area contributed by atoms with Crippen molar-refractivity contribution >= 4 is 60.9 Å². The molecule has 0 saturated carbocycles. The van der Waals surface area contributed by atoms with E-state index in [9.17, 15) is 9.59 Å². The Balaban J connectivity index is 1.78. The first kappa shape index (κ1) is 30.2. The Hall–Kier alpha value is -3.27. The lowest BCUT2D eigenvalue weighted by molar-refractivity contribution is -0.138. The maximum atomic E-state index is 14.1. The van der Waals surface area contributed by atoms with Gasteiger partial charge in [-0.05, 0) is 86.5 Å². The summed E-state index contributed by atoms with van der Waals surface area (Å²) in [5.74, 6) is 0.549. The zero-order chi connectivity index (χ0) is 30.0. The SMILES string of the molecule is CCOC(=O)C1=C(c2ccccc2)N=c2s/c(=C\c3cc(Br)c(OCC)c(Br)c3)c(=O)n2[C@H]1c1ccc(C(C)C)cc1. The molecule has 3 aromatic carbocycles. The Bertz CT molecular complexity index is 1820. The van der Waals surface area contributed by atoms with E-state index in [4.69, 9.17) is 14.5 Å². The van der Waals surface area contributed by atoms with E-state index < -0.39 is 12.0 Å². The normalized spacial score (nSPS) is 15.0. The van der Waals surface area contributed by atoms with Gasteiger partial charge in [0.15, 0.2) is 4.80 Å². The molecule has 1 aromatic heterocycles. The van der Waals surface area contributed by atoms with Crippen LogP contribution in [0.25, 0.3) is 11.8 Å². The Morgan fingerprint density at radius 3 is 2.29 bits per heavy atom. The summed E-state index contributed by atoms with van der Waals surface area (Å²) in [7, 11) is 0. The molecule has 0 radical (unpaired) electrons. The van der Waals surface area contributed by atoms with Crippen LogP contribution in [-0.4, -0.2) is 23.8 Å². The Kier molecular flexibility index (Phi) is 9.30. The molecule has 0 bridgehead atoms. The van der Waals surface area contributed by atoms with Crippen LogP contribution < -0.4 is 19.6 Å². The van der Waals surface area contributed by atoms with Gasteiger partial charge in [0.1, 0.15) is 5.75 Å². The van der Waals surface area contributed by atoms with Crippen LogP contribution >= 0.6 is 43.2 Å². The first-order valence-electron chi connectivity index (χ1n) is 13.7. The van der Waals surface area contributed by atoms with Crippen molar-refractivity contribution in [3.63, 3.8) is 0 Å². The number of halogens is 2. The highest BCUT2D eigenvalue weighted by atomic mass is 79.9. The number of carbonyl (C=O) groups is 1. The third-order valence-electron chi connectivity index (χ3n) is 6.90. The molecule has 216 valence electrons. The fraction of sp³-hybridized carbons (Fsp3) is 0.242. The lowest BCUT2D eigenvalue weighted by atomic mass is 9.91. The Morgan fingerprint density at radius 2 is 1.69 bits per heavy atom. The predicted molar refractivity (Wildman–Crippen MR) is 175 cm³/mol. The number of ether oxygens (including phenoxy) is 2. The molecule has 0 unspecified atom stereocenters. The van der Waals surface area contributed by atoms with Crippen molar-refractivity contribution < 1.29 is 14.3 Å². The molecule has 0 aliphatic carbocycles. The topological polar surface area (TPSA) is 69.9 Å². The molecular formula is C33H30Br2N2O4S. The van der Waals surface area contributed by atoms with Crippen molar-refractivity contribution in [3.8, 4) is 5.75 Å². The number of fused-ring (bicyclic) bond motifs is 1. The van der Waals surface area contributed by atoms with Gasteiger partial charge in [0.05, 0.1) is 44.0 Å². The van der Waals surface area contributed by atoms with Crippen LogP contribution in [0.3, 0.4) is 0 Å². The lowest BCUT2D eigenvalue weighted by Gasteiger charge is -2.26. The number of thiazole rings is 1. The van der Waals surface area contributed by atoms with Crippen molar-refractivity contribution in [2.75, 3.05) is 13.2 Å². The van der Waals surface area contributed by atoms with Crippen LogP contribution in [0.2, 0.25) is 0 Å². The number of benzene rings is 3. The molecule has 0 spiro atoms. The summed E-state index contributed by atoms with van der Waals surface area (Å²) in [5, 5.41) is 0. The van der Waals surface area contributed by atoms with Crippen molar-refractivity contribution in [2.45, 2.75) is 39.7 Å². The first-order chi connectivity index (χ1) is 20.2. The number of rotatable bonds is 8. The third kappa shape index (κ3) is 5.96. The second-order valence-corrected chi connectivity index (χ2v) is 12.7. The average Bonchev–Trinajstić information content (AvgIpc) is 3.28. The molecule has 6 nitrogen and oxygen atoms in total. The van der Waals surface area contributed by atoms with Gasteiger partial charge in [-0.15, -0.1) is 0 Å². The number of hydrogen-bond acceptors (Lipinski definition) is 6. The highest BCUT2D eigenvalue weighted by Gasteiger charge is 2.35. The fourth-order valence-electron chi connectivity index (χ4n) is 4.92. The summed E-state index contributed by atoms with van der Waals surface area (Å²) in [6.45, 7) is 8.69. The largest absolute Gasteiger partial charge is 0.492 e. The van der Waals surface area contributed by atoms with E-state index in [0.717, 1.165) is 25.6 Å². The van der Waals surface area contributed by atoms with Crippen LogP contribution in [0.5, 0.6) is 5.75 Å². The van der Waals surface area contributed by atoms with Gasteiger partial charge in [-0.2, -0.15) is 0 Å². The smallest absolute Gasteiger partial charge is 0.338 e. The summed E-state index contributed by atoms with van der Waals surface area (Å²) in [4.78, 5) is 33.2. The van der Waals surface area contributed by atoms with Gasteiger partial charge in [-0.3, -0.25) is 9.36 Å². The lowest BCUT2D eigenvalue weighted by Crippen LogP contribution is -2.40. The zero-order valence-electron chi connectivity index (χ0n) is 23.7. The van der Waals surface area contributed by atoms with E-state index in [2.05, 4.69) is 57.8 Å². The van der Waals surface area contributed by atoms with E-state index in [0.29, 0.717) is 38.9 Å². The summed E-state index contributed by atoms with van der Waals surface area (Å²) < 4.78 is 15.0. The molecule has 4 aromatic rings. The van der Waals surface area contributed by atoms with Crippen LogP contribution in [0, 0.1) is 0 Å². The predicted octanol–water partition coefficient (Wildman–Crippen LogP) is 6.98. The molecule has 5 rings (SSSR count). The molecule has 0 saturated heterocycles. The number of nitrogens with zero attached hydrogens (tertiary/aromatic N) is 2. The number of aromatic nitrogens is 1. The van der Waals surface area contributed by atoms with Crippen molar-refractivity contribution in [3.05, 3.63) is 123 Å². The van der Waals surface area contributed by atoms with Gasteiger partial charge in [-0.25, -0.2) is 9.79 Å². The molecular weight excluding hydrogens is 680 g/mol. The van der Waals surface area contributed by atoms with Crippen LogP contribution in [0.1, 0.15) is 61.9 Å². The molecule has 42 heavy (non-hydrogen) atoms. The molecule has 2 heterocycles.